The summed E-state index contributed by atoms with van der Waals surface area (Å²) in [5.74, 6) is -0.249. The first-order valence-electron chi connectivity index (χ1n) is 10.9. The summed E-state index contributed by atoms with van der Waals surface area (Å²) >= 11 is 0. The van der Waals surface area contributed by atoms with Crippen molar-refractivity contribution in [2.24, 2.45) is 0 Å². The topological polar surface area (TPSA) is 115 Å². The molecule has 5 N–H and O–H groups in total. The first kappa shape index (κ1) is 24.2. The van der Waals surface area contributed by atoms with E-state index >= 15 is 0 Å². The standard InChI is InChI=1S/C26H31N3O4/c1-26(2,29-17-24(32)20-12-22(30)14-23(31)13-20)15-19-7-5-6-18(10-19)11-25(33)28-16-21-8-3-4-9-27-21/h3-10,12-14,24,29-32H,11,15-17H2,1-2H3,(H,28,33)/t24-/m0/s1. The lowest BCUT2D eigenvalue weighted by Gasteiger charge is -2.28. The Hall–Kier alpha value is -3.42. The van der Waals surface area contributed by atoms with Crippen LogP contribution in [0.25, 0.3) is 0 Å². The minimum atomic E-state index is -0.878. The first-order chi connectivity index (χ1) is 15.7. The van der Waals surface area contributed by atoms with Gasteiger partial charge in [0.25, 0.3) is 0 Å². The molecule has 33 heavy (non-hydrogen) atoms. The number of hydrogen-bond acceptors (Lipinski definition) is 6. The number of carbonyl (C=O) groups excluding carboxylic acids is 1. The van der Waals surface area contributed by atoms with E-state index in [0.717, 1.165) is 16.8 Å². The van der Waals surface area contributed by atoms with Crippen LogP contribution in [0.15, 0.2) is 66.9 Å². The number of nitrogens with one attached hydrogen (secondary N) is 2. The van der Waals surface area contributed by atoms with Gasteiger partial charge in [0, 0.05) is 24.3 Å². The number of phenolic OH excluding ortho intramolecular Hbond substituents is 2. The Morgan fingerprint density at radius 1 is 1.00 bits per heavy atom. The van der Waals surface area contributed by atoms with Gasteiger partial charge in [0.15, 0.2) is 0 Å². The summed E-state index contributed by atoms with van der Waals surface area (Å²) in [7, 11) is 0. The molecule has 0 aliphatic heterocycles. The molecule has 0 bridgehead atoms. The first-order valence-corrected chi connectivity index (χ1v) is 10.9. The highest BCUT2D eigenvalue weighted by Gasteiger charge is 2.20. The number of hydrogen-bond donors (Lipinski definition) is 5. The summed E-state index contributed by atoms with van der Waals surface area (Å²) in [4.78, 5) is 16.5. The fourth-order valence-electron chi connectivity index (χ4n) is 3.66. The Morgan fingerprint density at radius 3 is 2.42 bits per heavy atom. The van der Waals surface area contributed by atoms with E-state index in [0.29, 0.717) is 18.5 Å². The van der Waals surface area contributed by atoms with Crippen molar-refractivity contribution >= 4 is 5.91 Å². The van der Waals surface area contributed by atoms with E-state index in [-0.39, 0.29) is 35.9 Å². The number of benzene rings is 2. The van der Waals surface area contributed by atoms with E-state index < -0.39 is 6.10 Å². The Morgan fingerprint density at radius 2 is 1.73 bits per heavy atom. The molecule has 1 atom stereocenters. The van der Waals surface area contributed by atoms with Gasteiger partial charge in [-0.2, -0.15) is 0 Å². The number of nitrogens with zero attached hydrogens (tertiary/aromatic N) is 1. The Kier molecular flexibility index (Phi) is 8.03. The molecule has 0 radical (unpaired) electrons. The molecule has 0 saturated carbocycles. The van der Waals surface area contributed by atoms with Crippen LogP contribution in [0.5, 0.6) is 11.5 Å². The molecule has 7 heteroatoms. The van der Waals surface area contributed by atoms with Crippen LogP contribution in [0.4, 0.5) is 0 Å². The highest BCUT2D eigenvalue weighted by molar-refractivity contribution is 5.78. The smallest absolute Gasteiger partial charge is 0.224 e. The van der Waals surface area contributed by atoms with E-state index in [1.165, 1.54) is 18.2 Å². The van der Waals surface area contributed by atoms with E-state index in [1.807, 2.05) is 56.3 Å². The second-order valence-electron chi connectivity index (χ2n) is 8.83. The molecule has 7 nitrogen and oxygen atoms in total. The minimum absolute atomic E-state index is 0.0623. The molecule has 174 valence electrons. The van der Waals surface area contributed by atoms with Crippen LogP contribution in [0.3, 0.4) is 0 Å². The molecular weight excluding hydrogens is 418 g/mol. The Labute approximate surface area is 194 Å². The van der Waals surface area contributed by atoms with Crippen LogP contribution < -0.4 is 10.6 Å². The summed E-state index contributed by atoms with van der Waals surface area (Å²) in [6, 6.07) is 17.6. The predicted molar refractivity (Wildman–Crippen MR) is 127 cm³/mol. The lowest BCUT2D eigenvalue weighted by atomic mass is 9.93. The third-order valence-corrected chi connectivity index (χ3v) is 5.28. The molecule has 0 saturated heterocycles. The minimum Gasteiger partial charge on any atom is -0.508 e. The van der Waals surface area contributed by atoms with Crippen LogP contribution in [0, 0.1) is 0 Å². The van der Waals surface area contributed by atoms with Gasteiger partial charge in [0.2, 0.25) is 5.91 Å². The zero-order valence-corrected chi connectivity index (χ0v) is 19.0. The second kappa shape index (κ2) is 10.9. The van der Waals surface area contributed by atoms with Gasteiger partial charge in [-0.25, -0.2) is 0 Å². The number of pyridine rings is 1. The third-order valence-electron chi connectivity index (χ3n) is 5.28. The Balaban J connectivity index is 1.53. The average Bonchev–Trinajstić information content (AvgIpc) is 2.76. The molecule has 0 aliphatic rings. The molecule has 0 unspecified atom stereocenters. The second-order valence-corrected chi connectivity index (χ2v) is 8.83. The average molecular weight is 450 g/mol. The number of β-amino-alcohol motifs (C(OH)–C–C–N with tert-alkyl or cyclic N) is 1. The molecule has 2 aromatic carbocycles. The summed E-state index contributed by atoms with van der Waals surface area (Å²) in [6.07, 6.45) is 1.80. The maximum Gasteiger partial charge on any atom is 0.224 e. The maximum atomic E-state index is 12.3. The number of aromatic hydroxyl groups is 2. The van der Waals surface area contributed by atoms with Crippen molar-refractivity contribution in [1.29, 1.82) is 0 Å². The number of amides is 1. The van der Waals surface area contributed by atoms with Gasteiger partial charge < -0.3 is 26.0 Å². The van der Waals surface area contributed by atoms with Gasteiger partial charge >= 0.3 is 0 Å². The molecular formula is C26H31N3O4. The van der Waals surface area contributed by atoms with Crippen LogP contribution in [-0.2, 0) is 24.2 Å². The van der Waals surface area contributed by atoms with Gasteiger partial charge in [-0.05, 0) is 61.2 Å². The van der Waals surface area contributed by atoms with Gasteiger partial charge in [-0.15, -0.1) is 0 Å². The van der Waals surface area contributed by atoms with Crippen molar-refractivity contribution in [2.45, 2.75) is 44.9 Å². The van der Waals surface area contributed by atoms with Crippen molar-refractivity contribution in [3.63, 3.8) is 0 Å². The molecule has 1 amide bonds. The fourth-order valence-corrected chi connectivity index (χ4v) is 3.66. The number of aliphatic hydroxyl groups is 1. The lowest BCUT2D eigenvalue weighted by Crippen LogP contribution is -2.43. The lowest BCUT2D eigenvalue weighted by molar-refractivity contribution is -0.120. The van der Waals surface area contributed by atoms with E-state index in [1.54, 1.807) is 6.20 Å². The summed E-state index contributed by atoms with van der Waals surface area (Å²) in [5, 5.41) is 35.9. The normalized spacial score (nSPS) is 12.3. The molecule has 1 heterocycles. The van der Waals surface area contributed by atoms with Gasteiger partial charge in [-0.1, -0.05) is 30.3 Å². The molecule has 0 aliphatic carbocycles. The van der Waals surface area contributed by atoms with Crippen LogP contribution in [0.2, 0.25) is 0 Å². The van der Waals surface area contributed by atoms with Gasteiger partial charge in [0.05, 0.1) is 24.8 Å². The highest BCUT2D eigenvalue weighted by Crippen LogP contribution is 2.25. The maximum absolute atomic E-state index is 12.3. The molecule has 0 spiro atoms. The van der Waals surface area contributed by atoms with Crippen LogP contribution in [0.1, 0.15) is 42.3 Å². The van der Waals surface area contributed by atoms with Crippen molar-refractivity contribution in [3.05, 3.63) is 89.2 Å². The fraction of sp³-hybridized carbons (Fsp3) is 0.308. The quantitative estimate of drug-likeness (QED) is 0.325. The zero-order valence-electron chi connectivity index (χ0n) is 19.0. The number of aliphatic hydroxyl groups excluding tert-OH is 1. The summed E-state index contributed by atoms with van der Waals surface area (Å²) in [5.41, 5.74) is 2.92. The summed E-state index contributed by atoms with van der Waals surface area (Å²) in [6.45, 7) is 4.72. The van der Waals surface area contributed by atoms with Crippen molar-refractivity contribution < 1.29 is 20.1 Å². The third kappa shape index (κ3) is 7.89. The highest BCUT2D eigenvalue weighted by atomic mass is 16.3. The van der Waals surface area contributed by atoms with Crippen LogP contribution in [-0.4, -0.2) is 38.3 Å². The van der Waals surface area contributed by atoms with E-state index in [9.17, 15) is 20.1 Å². The van der Waals surface area contributed by atoms with Crippen molar-refractivity contribution in [3.8, 4) is 11.5 Å². The van der Waals surface area contributed by atoms with E-state index in [4.69, 9.17) is 0 Å². The number of phenols is 2. The Bertz CT molecular complexity index is 1050. The number of carbonyl (C=O) groups is 1. The molecule has 3 aromatic rings. The van der Waals surface area contributed by atoms with Crippen molar-refractivity contribution in [2.75, 3.05) is 6.54 Å². The monoisotopic (exact) mass is 449 g/mol. The molecule has 3 rings (SSSR count). The van der Waals surface area contributed by atoms with E-state index in [2.05, 4.69) is 15.6 Å². The summed E-state index contributed by atoms with van der Waals surface area (Å²) < 4.78 is 0. The largest absolute Gasteiger partial charge is 0.508 e. The van der Waals surface area contributed by atoms with Gasteiger partial charge in [0.1, 0.15) is 11.5 Å². The van der Waals surface area contributed by atoms with Crippen molar-refractivity contribution in [1.82, 2.24) is 15.6 Å². The molecule has 1 aromatic heterocycles. The number of aromatic nitrogens is 1. The number of rotatable bonds is 10. The predicted octanol–water partition coefficient (Wildman–Crippen LogP) is 3.00. The SMILES string of the molecule is CC(C)(Cc1cccc(CC(=O)NCc2ccccn2)c1)NC[C@H](O)c1cc(O)cc(O)c1. The molecule has 0 fully saturated rings. The van der Waals surface area contributed by atoms with Crippen LogP contribution >= 0.6 is 0 Å². The zero-order chi connectivity index (χ0) is 23.8. The van der Waals surface area contributed by atoms with Gasteiger partial charge in [-0.3, -0.25) is 9.78 Å².